The van der Waals surface area contributed by atoms with Gasteiger partial charge < -0.3 is 9.90 Å². The van der Waals surface area contributed by atoms with Crippen molar-refractivity contribution in [3.05, 3.63) is 63.6 Å². The minimum atomic E-state index is -4.07. The fourth-order valence-electron chi connectivity index (χ4n) is 3.11. The molecular formula is C19H12ClF2KN2O2S. The number of hydrogen-bond acceptors (Lipinski definition) is 4. The summed E-state index contributed by atoms with van der Waals surface area (Å²) in [6.45, 7) is 2.13. The number of carbonyl (C=O) groups is 1. The second kappa shape index (κ2) is 8.10. The molecule has 28 heavy (non-hydrogen) atoms. The summed E-state index contributed by atoms with van der Waals surface area (Å²) in [5.74, 6) is -6.50. The van der Waals surface area contributed by atoms with Crippen LogP contribution in [0.15, 0.2) is 41.8 Å². The van der Waals surface area contributed by atoms with Crippen molar-refractivity contribution in [1.29, 1.82) is 0 Å². The molecule has 0 spiro atoms. The number of aryl methyl sites for hydroxylation is 1. The summed E-state index contributed by atoms with van der Waals surface area (Å²) in [6, 6.07) is 9.31. The zero-order valence-electron chi connectivity index (χ0n) is 15.0. The molecule has 0 bridgehead atoms. The molecule has 2 heterocycles. The molecular weight excluding hydrogens is 433 g/mol. The number of carbonyl (C=O) groups excluding carboxylic acids is 1. The number of halogens is 3. The first kappa shape index (κ1) is 21.8. The number of carboxylic acids is 1. The molecule has 0 fully saturated rings. The van der Waals surface area contributed by atoms with Gasteiger partial charge in [-0.25, -0.2) is 0 Å². The zero-order valence-corrected chi connectivity index (χ0v) is 19.7. The van der Waals surface area contributed by atoms with Crippen LogP contribution in [0.5, 0.6) is 0 Å². The Labute approximate surface area is 210 Å². The van der Waals surface area contributed by atoms with E-state index in [1.807, 2.05) is 23.6 Å². The Morgan fingerprint density at radius 3 is 2.71 bits per heavy atom. The molecule has 0 saturated carbocycles. The minimum Gasteiger partial charge on any atom is -0.544 e. The van der Waals surface area contributed by atoms with E-state index in [-0.39, 0.29) is 51.4 Å². The number of hydrogen-bond donors (Lipinski definition) is 0. The fourth-order valence-corrected chi connectivity index (χ4v) is 4.22. The molecule has 0 unspecified atom stereocenters. The van der Waals surface area contributed by atoms with Gasteiger partial charge in [-0.1, -0.05) is 23.7 Å². The molecule has 0 saturated heterocycles. The fraction of sp³-hybridized carbons (Fsp3) is 0.158. The first-order valence-electron chi connectivity index (χ1n) is 8.00. The van der Waals surface area contributed by atoms with Gasteiger partial charge in [-0.15, -0.1) is 11.3 Å². The molecule has 2 aromatic heterocycles. The number of thiophene rings is 1. The molecule has 0 aliphatic rings. The van der Waals surface area contributed by atoms with E-state index in [1.54, 1.807) is 22.9 Å². The molecule has 2 aromatic carbocycles. The molecule has 4 aromatic rings. The smallest absolute Gasteiger partial charge is 0.544 e. The number of nitrogens with zero attached hydrogens (tertiary/aromatic N) is 2. The van der Waals surface area contributed by atoms with Gasteiger partial charge in [0.1, 0.15) is 5.97 Å². The third-order valence-electron chi connectivity index (χ3n) is 4.49. The number of benzene rings is 2. The van der Waals surface area contributed by atoms with E-state index in [0.29, 0.717) is 28.2 Å². The van der Waals surface area contributed by atoms with Gasteiger partial charge in [0.2, 0.25) is 0 Å². The molecule has 0 radical (unpaired) electrons. The maximum atomic E-state index is 13.9. The largest absolute Gasteiger partial charge is 1.00 e. The molecule has 0 amide bonds. The Morgan fingerprint density at radius 1 is 1.25 bits per heavy atom. The Kier molecular flexibility index (Phi) is 6.31. The predicted octanol–water partition coefficient (Wildman–Crippen LogP) is 1.11. The van der Waals surface area contributed by atoms with Crippen molar-refractivity contribution in [2.75, 3.05) is 0 Å². The maximum Gasteiger partial charge on any atom is 1.00 e. The van der Waals surface area contributed by atoms with Gasteiger partial charge in [0, 0.05) is 20.7 Å². The van der Waals surface area contributed by atoms with E-state index in [1.165, 1.54) is 6.07 Å². The summed E-state index contributed by atoms with van der Waals surface area (Å²) in [5, 5.41) is 19.5. The molecule has 0 N–H and O–H groups in total. The van der Waals surface area contributed by atoms with Gasteiger partial charge in [0.05, 0.1) is 17.8 Å². The predicted molar refractivity (Wildman–Crippen MR) is 99.3 cm³/mol. The normalized spacial score (nSPS) is 11.7. The average molecular weight is 445 g/mol. The van der Waals surface area contributed by atoms with Crippen molar-refractivity contribution in [3.63, 3.8) is 0 Å². The number of carboxylic acid groups (broad SMARTS) is 1. The van der Waals surface area contributed by atoms with E-state index >= 15 is 0 Å². The summed E-state index contributed by atoms with van der Waals surface area (Å²) in [6.07, 6.45) is 0. The second-order valence-corrected chi connectivity index (χ2v) is 7.59. The van der Waals surface area contributed by atoms with Gasteiger partial charge in [-0.3, -0.25) is 4.68 Å². The van der Waals surface area contributed by atoms with Gasteiger partial charge in [0.15, 0.2) is 0 Å². The van der Waals surface area contributed by atoms with E-state index in [4.69, 9.17) is 11.6 Å². The van der Waals surface area contributed by atoms with Crippen molar-refractivity contribution >= 4 is 49.9 Å². The summed E-state index contributed by atoms with van der Waals surface area (Å²) in [5.41, 5.74) is 1.44. The van der Waals surface area contributed by atoms with Crippen molar-refractivity contribution in [2.24, 2.45) is 0 Å². The molecule has 0 atom stereocenters. The van der Waals surface area contributed by atoms with Crippen LogP contribution in [-0.2, 0) is 17.3 Å². The zero-order chi connectivity index (χ0) is 19.3. The van der Waals surface area contributed by atoms with Crippen LogP contribution in [0.2, 0.25) is 5.02 Å². The topological polar surface area (TPSA) is 58.0 Å². The number of fused-ring (bicyclic) bond motifs is 2. The number of alkyl halides is 2. The Bertz CT molecular complexity index is 1210. The number of rotatable bonds is 4. The Morgan fingerprint density at radius 2 is 2.00 bits per heavy atom. The van der Waals surface area contributed by atoms with Crippen LogP contribution in [0.25, 0.3) is 21.0 Å². The standard InChI is InChI=1S/C19H13ClF2N2O2S.K/c1-10-14-4-2-12(19(21,22)18(25)26)6-16(14)24(23-10)8-11-9-27-17-5-3-13(20)7-15(11)17;/h2-7,9H,8H2,1H3,(H,25,26);/q;+1/p-1. The number of aliphatic carboxylic acids is 1. The molecule has 4 rings (SSSR count). The Hall–Kier alpha value is -0.874. The SMILES string of the molecule is Cc1nn(Cc2csc3ccc(Cl)cc23)c2cc(C(F)(F)C(=O)[O-])ccc12.[K+]. The first-order valence-corrected chi connectivity index (χ1v) is 9.25. The van der Waals surface area contributed by atoms with Crippen LogP contribution in [0, 0.1) is 6.92 Å². The monoisotopic (exact) mass is 444 g/mol. The van der Waals surface area contributed by atoms with Gasteiger partial charge in [-0.05, 0) is 47.5 Å². The summed E-state index contributed by atoms with van der Waals surface area (Å²) in [4.78, 5) is 10.8. The summed E-state index contributed by atoms with van der Waals surface area (Å²) < 4.78 is 30.4. The average Bonchev–Trinajstić information content (AvgIpc) is 3.16. The van der Waals surface area contributed by atoms with E-state index < -0.39 is 17.5 Å². The third kappa shape index (κ3) is 3.79. The van der Waals surface area contributed by atoms with E-state index in [0.717, 1.165) is 27.8 Å². The van der Waals surface area contributed by atoms with Gasteiger partial charge >= 0.3 is 57.3 Å². The van der Waals surface area contributed by atoms with Crippen LogP contribution in [-0.4, -0.2) is 15.7 Å². The maximum absolute atomic E-state index is 13.9. The molecule has 0 aliphatic heterocycles. The van der Waals surface area contributed by atoms with Crippen molar-refractivity contribution < 1.29 is 70.1 Å². The van der Waals surface area contributed by atoms with Crippen LogP contribution < -0.4 is 56.5 Å². The first-order chi connectivity index (χ1) is 12.8. The van der Waals surface area contributed by atoms with Crippen LogP contribution in [0.4, 0.5) is 8.78 Å². The molecule has 4 nitrogen and oxygen atoms in total. The third-order valence-corrected chi connectivity index (χ3v) is 5.74. The quantitative estimate of drug-likeness (QED) is 0.443. The van der Waals surface area contributed by atoms with Crippen molar-refractivity contribution in [3.8, 4) is 0 Å². The Balaban J connectivity index is 0.00000225. The van der Waals surface area contributed by atoms with Crippen LogP contribution >= 0.6 is 22.9 Å². The second-order valence-electron chi connectivity index (χ2n) is 6.24. The molecule has 9 heteroatoms. The van der Waals surface area contributed by atoms with Crippen molar-refractivity contribution in [1.82, 2.24) is 9.78 Å². The summed E-state index contributed by atoms with van der Waals surface area (Å²) >= 11 is 7.65. The minimum absolute atomic E-state index is 0. The van der Waals surface area contributed by atoms with Gasteiger partial charge in [-0.2, -0.15) is 13.9 Å². The van der Waals surface area contributed by atoms with E-state index in [2.05, 4.69) is 5.10 Å². The van der Waals surface area contributed by atoms with E-state index in [9.17, 15) is 18.7 Å². The molecule has 0 aliphatic carbocycles. The van der Waals surface area contributed by atoms with Gasteiger partial charge in [0.25, 0.3) is 0 Å². The molecule has 138 valence electrons. The summed E-state index contributed by atoms with van der Waals surface area (Å²) in [7, 11) is 0. The van der Waals surface area contributed by atoms with Crippen LogP contribution in [0.3, 0.4) is 0 Å². The van der Waals surface area contributed by atoms with Crippen molar-refractivity contribution in [2.45, 2.75) is 19.4 Å². The number of aromatic nitrogens is 2. The van der Waals surface area contributed by atoms with Crippen LogP contribution in [0.1, 0.15) is 16.8 Å².